The topological polar surface area (TPSA) is 88.0 Å². The molecule has 2 aromatic heterocycles. The number of hydrogen-bond donors (Lipinski definition) is 2. The minimum absolute atomic E-state index is 0.0446. The van der Waals surface area contributed by atoms with Crippen LogP contribution in [0.5, 0.6) is 0 Å². The highest BCUT2D eigenvalue weighted by molar-refractivity contribution is 5.67. The van der Waals surface area contributed by atoms with E-state index in [0.29, 0.717) is 23.9 Å². The van der Waals surface area contributed by atoms with Crippen molar-refractivity contribution in [1.82, 2.24) is 15.0 Å². The highest BCUT2D eigenvalue weighted by atomic mass is 16.4. The Labute approximate surface area is 104 Å². The first kappa shape index (κ1) is 12.0. The van der Waals surface area contributed by atoms with Crippen molar-refractivity contribution in [2.24, 2.45) is 0 Å². The molecule has 0 aliphatic carbocycles. The number of nitrogens with zero attached hydrogens (tertiary/aromatic N) is 3. The number of carboxylic acids is 1. The third kappa shape index (κ3) is 3.24. The van der Waals surface area contributed by atoms with E-state index in [1.807, 2.05) is 18.2 Å². The molecule has 92 valence electrons. The molecule has 0 fully saturated rings. The monoisotopic (exact) mass is 244 g/mol. The number of rotatable bonds is 5. The average Bonchev–Trinajstić information content (AvgIpc) is 2.40. The van der Waals surface area contributed by atoms with Crippen molar-refractivity contribution in [2.75, 3.05) is 11.9 Å². The summed E-state index contributed by atoms with van der Waals surface area (Å²) in [6, 6.07) is 7.18. The van der Waals surface area contributed by atoms with Crippen molar-refractivity contribution in [2.45, 2.75) is 6.42 Å². The number of pyridine rings is 1. The number of carboxylic acid groups (broad SMARTS) is 1. The largest absolute Gasteiger partial charge is 0.481 e. The Balaban J connectivity index is 2.08. The lowest BCUT2D eigenvalue weighted by Crippen LogP contribution is -2.09. The normalized spacial score (nSPS) is 10.0. The molecular formula is C12H12N4O2. The Morgan fingerprint density at radius 2 is 2.11 bits per heavy atom. The molecule has 0 saturated heterocycles. The molecule has 0 aromatic carbocycles. The van der Waals surface area contributed by atoms with Gasteiger partial charge in [0.2, 0.25) is 0 Å². The van der Waals surface area contributed by atoms with Gasteiger partial charge in [-0.05, 0) is 18.2 Å². The van der Waals surface area contributed by atoms with Gasteiger partial charge in [0.25, 0.3) is 0 Å². The molecule has 0 amide bonds. The number of carbonyl (C=O) groups is 1. The van der Waals surface area contributed by atoms with Crippen LogP contribution >= 0.6 is 0 Å². The summed E-state index contributed by atoms with van der Waals surface area (Å²) in [5, 5.41) is 11.5. The molecule has 0 aliphatic rings. The van der Waals surface area contributed by atoms with Gasteiger partial charge in [-0.3, -0.25) is 9.78 Å². The van der Waals surface area contributed by atoms with Crippen molar-refractivity contribution in [1.29, 1.82) is 0 Å². The summed E-state index contributed by atoms with van der Waals surface area (Å²) >= 11 is 0. The Morgan fingerprint density at radius 1 is 1.22 bits per heavy atom. The molecule has 6 heteroatoms. The van der Waals surface area contributed by atoms with Crippen LogP contribution < -0.4 is 5.32 Å². The maximum absolute atomic E-state index is 10.4. The summed E-state index contributed by atoms with van der Waals surface area (Å²) in [5.74, 6) is 0.254. The molecule has 6 nitrogen and oxygen atoms in total. The summed E-state index contributed by atoms with van der Waals surface area (Å²) < 4.78 is 0. The summed E-state index contributed by atoms with van der Waals surface area (Å²) in [5.41, 5.74) is 0.680. The van der Waals surface area contributed by atoms with Crippen LogP contribution in [0, 0.1) is 0 Å². The molecule has 2 heterocycles. The highest BCUT2D eigenvalue weighted by Crippen LogP contribution is 2.12. The molecule has 0 bridgehead atoms. The van der Waals surface area contributed by atoms with E-state index in [-0.39, 0.29) is 6.42 Å². The standard InChI is InChI=1S/C12H12N4O2/c17-11(18)5-8-14-10-4-7-15-12(16-10)9-3-1-2-6-13-9/h1-4,6-7H,5,8H2,(H,17,18)(H,14,15,16). The molecule has 0 radical (unpaired) electrons. The first-order valence-corrected chi connectivity index (χ1v) is 5.46. The Morgan fingerprint density at radius 3 is 2.83 bits per heavy atom. The fraction of sp³-hybridized carbons (Fsp3) is 0.167. The van der Waals surface area contributed by atoms with Crippen LogP contribution in [-0.2, 0) is 4.79 Å². The molecule has 2 N–H and O–H groups in total. The summed E-state index contributed by atoms with van der Waals surface area (Å²) in [6.45, 7) is 0.327. The zero-order valence-electron chi connectivity index (χ0n) is 9.58. The highest BCUT2D eigenvalue weighted by Gasteiger charge is 2.03. The molecule has 0 atom stereocenters. The Kier molecular flexibility index (Phi) is 3.80. The lowest BCUT2D eigenvalue weighted by Gasteiger charge is -2.05. The van der Waals surface area contributed by atoms with Crippen LogP contribution in [0.4, 0.5) is 5.82 Å². The fourth-order valence-electron chi connectivity index (χ4n) is 1.37. The maximum atomic E-state index is 10.4. The molecule has 18 heavy (non-hydrogen) atoms. The van der Waals surface area contributed by atoms with Crippen LogP contribution in [0.2, 0.25) is 0 Å². The zero-order chi connectivity index (χ0) is 12.8. The summed E-state index contributed by atoms with van der Waals surface area (Å²) in [4.78, 5) is 22.9. The van der Waals surface area contributed by atoms with Gasteiger partial charge in [0, 0.05) is 18.9 Å². The molecule has 0 spiro atoms. The van der Waals surface area contributed by atoms with E-state index >= 15 is 0 Å². The minimum atomic E-state index is -0.846. The number of anilines is 1. The van der Waals surface area contributed by atoms with Gasteiger partial charge in [-0.25, -0.2) is 9.97 Å². The van der Waals surface area contributed by atoms with Crippen molar-refractivity contribution in [3.8, 4) is 11.5 Å². The maximum Gasteiger partial charge on any atom is 0.305 e. The van der Waals surface area contributed by atoms with E-state index in [9.17, 15) is 4.79 Å². The van der Waals surface area contributed by atoms with E-state index in [1.165, 1.54) is 0 Å². The Hall–Kier alpha value is -2.50. The lowest BCUT2D eigenvalue weighted by atomic mass is 10.3. The quantitative estimate of drug-likeness (QED) is 0.827. The van der Waals surface area contributed by atoms with Gasteiger partial charge in [0.05, 0.1) is 6.42 Å². The first-order valence-electron chi connectivity index (χ1n) is 5.46. The molecule has 0 unspecified atom stereocenters. The molecule has 0 aliphatic heterocycles. The fourth-order valence-corrected chi connectivity index (χ4v) is 1.37. The van der Waals surface area contributed by atoms with Gasteiger partial charge < -0.3 is 10.4 Å². The number of nitrogens with one attached hydrogen (secondary N) is 1. The predicted molar refractivity (Wildman–Crippen MR) is 66.0 cm³/mol. The van der Waals surface area contributed by atoms with Crippen LogP contribution in [0.15, 0.2) is 36.7 Å². The van der Waals surface area contributed by atoms with E-state index in [1.54, 1.807) is 18.5 Å². The van der Waals surface area contributed by atoms with Gasteiger partial charge in [-0.2, -0.15) is 0 Å². The van der Waals surface area contributed by atoms with Crippen molar-refractivity contribution < 1.29 is 9.90 Å². The van der Waals surface area contributed by atoms with E-state index < -0.39 is 5.97 Å². The Bertz CT molecular complexity index is 531. The van der Waals surface area contributed by atoms with Crippen LogP contribution in [0.3, 0.4) is 0 Å². The SMILES string of the molecule is O=C(O)CCNc1ccnc(-c2ccccn2)n1. The number of aliphatic carboxylic acids is 1. The van der Waals surface area contributed by atoms with Gasteiger partial charge in [0.15, 0.2) is 5.82 Å². The second kappa shape index (κ2) is 5.72. The van der Waals surface area contributed by atoms with Crippen LogP contribution in [-0.4, -0.2) is 32.6 Å². The lowest BCUT2D eigenvalue weighted by molar-refractivity contribution is -0.136. The molecular weight excluding hydrogens is 232 g/mol. The smallest absolute Gasteiger partial charge is 0.305 e. The zero-order valence-corrected chi connectivity index (χ0v) is 9.58. The summed E-state index contributed by atoms with van der Waals surface area (Å²) in [6.07, 6.45) is 3.33. The third-order valence-electron chi connectivity index (χ3n) is 2.19. The van der Waals surface area contributed by atoms with Crippen LogP contribution in [0.25, 0.3) is 11.5 Å². The van der Waals surface area contributed by atoms with E-state index in [2.05, 4.69) is 20.3 Å². The molecule has 2 rings (SSSR count). The summed E-state index contributed by atoms with van der Waals surface area (Å²) in [7, 11) is 0. The van der Waals surface area contributed by atoms with E-state index in [0.717, 1.165) is 0 Å². The second-order valence-electron chi connectivity index (χ2n) is 3.55. The van der Waals surface area contributed by atoms with Crippen LogP contribution in [0.1, 0.15) is 6.42 Å². The van der Waals surface area contributed by atoms with Crippen molar-refractivity contribution in [3.63, 3.8) is 0 Å². The van der Waals surface area contributed by atoms with Gasteiger partial charge >= 0.3 is 5.97 Å². The van der Waals surface area contributed by atoms with Gasteiger partial charge in [0.1, 0.15) is 11.5 Å². The van der Waals surface area contributed by atoms with Gasteiger partial charge in [-0.1, -0.05) is 6.07 Å². The number of hydrogen-bond acceptors (Lipinski definition) is 5. The van der Waals surface area contributed by atoms with E-state index in [4.69, 9.17) is 5.11 Å². The first-order chi connectivity index (χ1) is 8.75. The third-order valence-corrected chi connectivity index (χ3v) is 2.19. The molecule has 2 aromatic rings. The average molecular weight is 244 g/mol. The number of aromatic nitrogens is 3. The molecule has 0 saturated carbocycles. The van der Waals surface area contributed by atoms with Crippen molar-refractivity contribution >= 4 is 11.8 Å². The van der Waals surface area contributed by atoms with Crippen molar-refractivity contribution in [3.05, 3.63) is 36.7 Å². The second-order valence-corrected chi connectivity index (χ2v) is 3.55. The predicted octanol–water partition coefficient (Wildman–Crippen LogP) is 1.43. The minimum Gasteiger partial charge on any atom is -0.481 e. The van der Waals surface area contributed by atoms with Gasteiger partial charge in [-0.15, -0.1) is 0 Å².